The molecule has 2 aromatic rings. The van der Waals surface area contributed by atoms with E-state index in [1.54, 1.807) is 12.1 Å². The van der Waals surface area contributed by atoms with Gasteiger partial charge in [0.2, 0.25) is 0 Å². The normalized spacial score (nSPS) is 10.8. The third-order valence-electron chi connectivity index (χ3n) is 2.84. The number of methoxy groups -OCH3 is 1. The number of esters is 1. The zero-order chi connectivity index (χ0) is 15.4. The predicted octanol–water partition coefficient (Wildman–Crippen LogP) is 4.87. The first-order chi connectivity index (χ1) is 10.0. The molecule has 0 bridgehead atoms. The van der Waals surface area contributed by atoms with Crippen LogP contribution in [0, 0.1) is 0 Å². The third-order valence-corrected chi connectivity index (χ3v) is 4.05. The SMILES string of the molecule is COC(=O)c1ccc(/C=C/c2cc(Br)c(O)c(Br)c2)cc1. The molecule has 108 valence electrons. The van der Waals surface area contributed by atoms with Gasteiger partial charge in [0.1, 0.15) is 5.75 Å². The Kier molecular flexibility index (Phi) is 5.20. The van der Waals surface area contributed by atoms with Crippen molar-refractivity contribution in [3.63, 3.8) is 0 Å². The maximum absolute atomic E-state index is 11.3. The Bertz CT molecular complexity index is 668. The topological polar surface area (TPSA) is 46.5 Å². The number of phenols is 1. The third kappa shape index (κ3) is 3.95. The van der Waals surface area contributed by atoms with Crippen molar-refractivity contribution in [2.24, 2.45) is 0 Å². The molecule has 0 aliphatic rings. The smallest absolute Gasteiger partial charge is 0.337 e. The number of ether oxygens (including phenoxy) is 1. The number of carbonyl (C=O) groups is 1. The van der Waals surface area contributed by atoms with Crippen LogP contribution in [0.4, 0.5) is 0 Å². The number of hydrogen-bond acceptors (Lipinski definition) is 3. The monoisotopic (exact) mass is 410 g/mol. The minimum Gasteiger partial charge on any atom is -0.506 e. The molecular formula is C16H12Br2O3. The van der Waals surface area contributed by atoms with E-state index in [0.717, 1.165) is 11.1 Å². The first-order valence-electron chi connectivity index (χ1n) is 6.05. The van der Waals surface area contributed by atoms with Gasteiger partial charge in [-0.05, 0) is 67.3 Å². The van der Waals surface area contributed by atoms with Crippen molar-refractivity contribution in [2.75, 3.05) is 7.11 Å². The minimum absolute atomic E-state index is 0.176. The van der Waals surface area contributed by atoms with Crippen molar-refractivity contribution in [1.82, 2.24) is 0 Å². The van der Waals surface area contributed by atoms with Gasteiger partial charge in [-0.25, -0.2) is 4.79 Å². The molecule has 0 unspecified atom stereocenters. The Hall–Kier alpha value is -1.59. The standard InChI is InChI=1S/C16H12Br2O3/c1-21-16(20)12-6-4-10(5-7-12)2-3-11-8-13(17)15(19)14(18)9-11/h2-9,19H,1H3/b3-2+. The van der Waals surface area contributed by atoms with Crippen molar-refractivity contribution < 1.29 is 14.6 Å². The summed E-state index contributed by atoms with van der Waals surface area (Å²) in [6.07, 6.45) is 3.84. The number of benzene rings is 2. The van der Waals surface area contributed by atoms with Gasteiger partial charge in [-0.3, -0.25) is 0 Å². The highest BCUT2D eigenvalue weighted by molar-refractivity contribution is 9.11. The summed E-state index contributed by atoms with van der Waals surface area (Å²) >= 11 is 6.58. The molecule has 0 aliphatic heterocycles. The van der Waals surface area contributed by atoms with Gasteiger partial charge in [0.05, 0.1) is 21.6 Å². The van der Waals surface area contributed by atoms with E-state index in [4.69, 9.17) is 0 Å². The van der Waals surface area contributed by atoms with Crippen LogP contribution in [-0.4, -0.2) is 18.2 Å². The van der Waals surface area contributed by atoms with Crippen LogP contribution in [-0.2, 0) is 4.74 Å². The van der Waals surface area contributed by atoms with Crippen molar-refractivity contribution in [2.45, 2.75) is 0 Å². The van der Waals surface area contributed by atoms with E-state index in [1.165, 1.54) is 7.11 Å². The molecule has 0 spiro atoms. The van der Waals surface area contributed by atoms with E-state index in [-0.39, 0.29) is 11.7 Å². The van der Waals surface area contributed by atoms with Gasteiger partial charge in [-0.15, -0.1) is 0 Å². The molecule has 3 nitrogen and oxygen atoms in total. The molecule has 0 atom stereocenters. The van der Waals surface area contributed by atoms with E-state index < -0.39 is 0 Å². The molecule has 2 rings (SSSR count). The van der Waals surface area contributed by atoms with E-state index in [2.05, 4.69) is 36.6 Å². The maximum Gasteiger partial charge on any atom is 0.337 e. The molecule has 5 heteroatoms. The highest BCUT2D eigenvalue weighted by Crippen LogP contribution is 2.33. The van der Waals surface area contributed by atoms with Crippen molar-refractivity contribution in [3.8, 4) is 5.75 Å². The molecule has 0 aliphatic carbocycles. The van der Waals surface area contributed by atoms with Crippen LogP contribution in [0.5, 0.6) is 5.75 Å². The summed E-state index contributed by atoms with van der Waals surface area (Å²) in [5.74, 6) is -0.175. The zero-order valence-corrected chi connectivity index (χ0v) is 14.3. The van der Waals surface area contributed by atoms with Gasteiger partial charge in [0, 0.05) is 0 Å². The lowest BCUT2D eigenvalue weighted by Gasteiger charge is -2.02. The molecular weight excluding hydrogens is 400 g/mol. The number of halogens is 2. The quantitative estimate of drug-likeness (QED) is 0.578. The highest BCUT2D eigenvalue weighted by atomic mass is 79.9. The van der Waals surface area contributed by atoms with Crippen molar-refractivity contribution in [3.05, 3.63) is 62.0 Å². The zero-order valence-electron chi connectivity index (χ0n) is 11.1. The lowest BCUT2D eigenvalue weighted by atomic mass is 10.1. The molecule has 21 heavy (non-hydrogen) atoms. The van der Waals surface area contributed by atoms with Gasteiger partial charge in [0.15, 0.2) is 0 Å². The summed E-state index contributed by atoms with van der Waals surface area (Å²) in [5, 5.41) is 9.66. The fourth-order valence-electron chi connectivity index (χ4n) is 1.72. The van der Waals surface area contributed by atoms with Crippen LogP contribution in [0.2, 0.25) is 0 Å². The molecule has 1 N–H and O–H groups in total. The summed E-state index contributed by atoms with van der Waals surface area (Å²) in [6, 6.07) is 10.8. The number of rotatable bonds is 3. The summed E-state index contributed by atoms with van der Waals surface area (Å²) in [6.45, 7) is 0. The van der Waals surface area contributed by atoms with E-state index >= 15 is 0 Å². The van der Waals surface area contributed by atoms with Crippen molar-refractivity contribution >= 4 is 50.0 Å². The Balaban J connectivity index is 2.20. The van der Waals surface area contributed by atoms with Crippen LogP contribution >= 0.6 is 31.9 Å². The number of carbonyl (C=O) groups excluding carboxylic acids is 1. The summed E-state index contributed by atoms with van der Waals surface area (Å²) in [7, 11) is 1.36. The number of phenolic OH excluding ortho intramolecular Hbond substituents is 1. The minimum atomic E-state index is -0.350. The second-order valence-corrected chi connectivity index (χ2v) is 5.99. The lowest BCUT2D eigenvalue weighted by Crippen LogP contribution is -2.00. The largest absolute Gasteiger partial charge is 0.506 e. The van der Waals surface area contributed by atoms with Gasteiger partial charge < -0.3 is 9.84 Å². The Morgan fingerprint density at radius 1 is 1.05 bits per heavy atom. The second-order valence-electron chi connectivity index (χ2n) is 4.28. The average Bonchev–Trinajstić information content (AvgIpc) is 2.50. The molecule has 0 radical (unpaired) electrons. The first kappa shape index (κ1) is 15.8. The summed E-state index contributed by atoms with van der Waals surface area (Å²) < 4.78 is 5.90. The van der Waals surface area contributed by atoms with Gasteiger partial charge in [-0.2, -0.15) is 0 Å². The summed E-state index contributed by atoms with van der Waals surface area (Å²) in [5.41, 5.74) is 2.41. The van der Waals surface area contributed by atoms with Crippen LogP contribution in [0.15, 0.2) is 45.3 Å². The summed E-state index contributed by atoms with van der Waals surface area (Å²) in [4.78, 5) is 11.3. The number of aromatic hydroxyl groups is 1. The molecule has 0 saturated carbocycles. The van der Waals surface area contributed by atoms with Crippen LogP contribution in [0.3, 0.4) is 0 Å². The molecule has 0 amide bonds. The maximum atomic E-state index is 11.3. The van der Waals surface area contributed by atoms with Crippen LogP contribution < -0.4 is 0 Å². The van der Waals surface area contributed by atoms with Gasteiger partial charge in [-0.1, -0.05) is 24.3 Å². The van der Waals surface area contributed by atoms with E-state index in [9.17, 15) is 9.90 Å². The molecule has 0 saturated heterocycles. The predicted molar refractivity (Wildman–Crippen MR) is 90.2 cm³/mol. The highest BCUT2D eigenvalue weighted by Gasteiger charge is 2.05. The Morgan fingerprint density at radius 2 is 1.57 bits per heavy atom. The van der Waals surface area contributed by atoms with Crippen LogP contribution in [0.25, 0.3) is 12.2 Å². The van der Waals surface area contributed by atoms with E-state index in [1.807, 2.05) is 36.4 Å². The fourth-order valence-corrected chi connectivity index (χ4v) is 2.94. The average molecular weight is 412 g/mol. The lowest BCUT2D eigenvalue weighted by molar-refractivity contribution is 0.0600. The van der Waals surface area contributed by atoms with Gasteiger partial charge in [0.25, 0.3) is 0 Å². The molecule has 2 aromatic carbocycles. The van der Waals surface area contributed by atoms with E-state index in [0.29, 0.717) is 14.5 Å². The molecule has 0 fully saturated rings. The Morgan fingerprint density at radius 3 is 2.10 bits per heavy atom. The first-order valence-corrected chi connectivity index (χ1v) is 7.64. The Labute approximate surface area is 139 Å². The van der Waals surface area contributed by atoms with Crippen molar-refractivity contribution in [1.29, 1.82) is 0 Å². The second kappa shape index (κ2) is 6.91. The number of hydrogen-bond donors (Lipinski definition) is 1. The van der Waals surface area contributed by atoms with Gasteiger partial charge >= 0.3 is 5.97 Å². The van der Waals surface area contributed by atoms with Crippen LogP contribution in [0.1, 0.15) is 21.5 Å². The molecule has 0 aromatic heterocycles. The molecule has 0 heterocycles. The fraction of sp³-hybridized carbons (Fsp3) is 0.0625.